The Bertz CT molecular complexity index is 369. The van der Waals surface area contributed by atoms with Gasteiger partial charge < -0.3 is 4.90 Å². The van der Waals surface area contributed by atoms with Gasteiger partial charge in [0.25, 0.3) is 0 Å². The Balaban J connectivity index is 2.84. The highest BCUT2D eigenvalue weighted by molar-refractivity contribution is 5.33. The number of halogens is 3. The number of hydrogen-bond acceptors (Lipinski definition) is 1. The van der Waals surface area contributed by atoms with Crippen molar-refractivity contribution in [3.8, 4) is 0 Å². The Morgan fingerprint density at radius 2 is 1.82 bits per heavy atom. The molecule has 0 fully saturated rings. The normalized spacial score (nSPS) is 12.2. The molecule has 96 valence electrons. The number of aryl methyl sites for hydroxylation is 2. The largest absolute Gasteiger partial charge is 0.416 e. The predicted octanol–water partition coefficient (Wildman–Crippen LogP) is 3.51. The molecule has 17 heavy (non-hydrogen) atoms. The van der Waals surface area contributed by atoms with Crippen LogP contribution in [0.25, 0.3) is 0 Å². The molecular formula is C13H18F3N. The van der Waals surface area contributed by atoms with E-state index in [1.807, 2.05) is 25.9 Å². The fraction of sp³-hybridized carbons (Fsp3) is 0.538. The molecule has 0 aliphatic rings. The fourth-order valence-electron chi connectivity index (χ4n) is 1.79. The first kappa shape index (κ1) is 14.0. The highest BCUT2D eigenvalue weighted by Gasteiger charge is 2.32. The third-order valence-corrected chi connectivity index (χ3v) is 2.62. The zero-order valence-electron chi connectivity index (χ0n) is 10.4. The van der Waals surface area contributed by atoms with Crippen molar-refractivity contribution < 1.29 is 13.2 Å². The molecule has 0 amide bonds. The first-order valence-corrected chi connectivity index (χ1v) is 5.62. The fourth-order valence-corrected chi connectivity index (χ4v) is 1.79. The summed E-state index contributed by atoms with van der Waals surface area (Å²) in [6, 6.07) is 4.33. The van der Waals surface area contributed by atoms with Crippen molar-refractivity contribution in [1.82, 2.24) is 4.90 Å². The van der Waals surface area contributed by atoms with E-state index < -0.39 is 11.7 Å². The van der Waals surface area contributed by atoms with Crippen molar-refractivity contribution in [2.45, 2.75) is 25.9 Å². The Labute approximate surface area is 100 Å². The molecule has 1 aromatic rings. The summed E-state index contributed by atoms with van der Waals surface area (Å²) in [5, 5.41) is 0. The molecule has 4 heteroatoms. The average Bonchev–Trinajstić information content (AvgIpc) is 2.15. The number of nitrogens with zero attached hydrogens (tertiary/aromatic N) is 1. The second-order valence-corrected chi connectivity index (χ2v) is 4.57. The molecule has 0 radical (unpaired) electrons. The standard InChI is InChI=1S/C13H18F3N/c1-10-6-7-12(13(14,15)16)11(9-10)5-4-8-17(2)3/h6-7,9H,4-5,8H2,1-3H3. The van der Waals surface area contributed by atoms with Crippen molar-refractivity contribution in [3.63, 3.8) is 0 Å². The summed E-state index contributed by atoms with van der Waals surface area (Å²) in [5.74, 6) is 0. The van der Waals surface area contributed by atoms with E-state index in [1.54, 1.807) is 6.07 Å². The van der Waals surface area contributed by atoms with E-state index in [2.05, 4.69) is 0 Å². The van der Waals surface area contributed by atoms with Crippen molar-refractivity contribution in [2.75, 3.05) is 20.6 Å². The first-order valence-electron chi connectivity index (χ1n) is 5.62. The lowest BCUT2D eigenvalue weighted by Crippen LogP contribution is -2.15. The number of rotatable bonds is 4. The quantitative estimate of drug-likeness (QED) is 0.784. The third kappa shape index (κ3) is 4.38. The third-order valence-electron chi connectivity index (χ3n) is 2.62. The van der Waals surface area contributed by atoms with Gasteiger partial charge in [-0.25, -0.2) is 0 Å². The summed E-state index contributed by atoms with van der Waals surface area (Å²) in [5.41, 5.74) is 0.777. The van der Waals surface area contributed by atoms with Crippen LogP contribution >= 0.6 is 0 Å². The Kier molecular flexibility index (Phi) is 4.57. The minimum absolute atomic E-state index is 0.402. The van der Waals surface area contributed by atoms with Crippen LogP contribution in [0.3, 0.4) is 0 Å². The molecule has 0 aliphatic carbocycles. The van der Waals surface area contributed by atoms with E-state index in [4.69, 9.17) is 0 Å². The minimum Gasteiger partial charge on any atom is -0.309 e. The Hall–Kier alpha value is -1.03. The molecule has 0 N–H and O–H groups in total. The second-order valence-electron chi connectivity index (χ2n) is 4.57. The highest BCUT2D eigenvalue weighted by atomic mass is 19.4. The number of hydrogen-bond donors (Lipinski definition) is 0. The van der Waals surface area contributed by atoms with Crippen molar-refractivity contribution in [3.05, 3.63) is 34.9 Å². The van der Waals surface area contributed by atoms with Crippen molar-refractivity contribution >= 4 is 0 Å². The Morgan fingerprint density at radius 3 is 2.35 bits per heavy atom. The van der Waals surface area contributed by atoms with Crippen LogP contribution in [0, 0.1) is 6.92 Å². The van der Waals surface area contributed by atoms with Gasteiger partial charge in [0.2, 0.25) is 0 Å². The molecule has 0 aromatic heterocycles. The van der Waals surface area contributed by atoms with Gasteiger partial charge in [-0.1, -0.05) is 17.7 Å². The topological polar surface area (TPSA) is 3.24 Å². The van der Waals surface area contributed by atoms with Gasteiger partial charge in [0, 0.05) is 0 Å². The van der Waals surface area contributed by atoms with E-state index >= 15 is 0 Å². The summed E-state index contributed by atoms with van der Waals surface area (Å²) in [6.07, 6.45) is -3.05. The number of alkyl halides is 3. The van der Waals surface area contributed by atoms with Crippen LogP contribution in [-0.4, -0.2) is 25.5 Å². The van der Waals surface area contributed by atoms with Crippen LogP contribution in [0.1, 0.15) is 23.1 Å². The summed E-state index contributed by atoms with van der Waals surface area (Å²) in [7, 11) is 3.84. The van der Waals surface area contributed by atoms with Crippen LogP contribution < -0.4 is 0 Å². The van der Waals surface area contributed by atoms with E-state index in [0.717, 1.165) is 18.5 Å². The zero-order valence-corrected chi connectivity index (χ0v) is 10.4. The number of benzene rings is 1. The molecule has 0 bridgehead atoms. The lowest BCUT2D eigenvalue weighted by Gasteiger charge is -2.15. The maximum atomic E-state index is 12.8. The highest BCUT2D eigenvalue weighted by Crippen LogP contribution is 2.32. The monoisotopic (exact) mass is 245 g/mol. The van der Waals surface area contributed by atoms with Crippen LogP contribution in [0.15, 0.2) is 18.2 Å². The van der Waals surface area contributed by atoms with Crippen LogP contribution in [0.5, 0.6) is 0 Å². The molecule has 0 saturated heterocycles. The van der Waals surface area contributed by atoms with E-state index in [1.165, 1.54) is 12.1 Å². The molecule has 1 aromatic carbocycles. The summed E-state index contributed by atoms with van der Waals surface area (Å²) < 4.78 is 38.3. The van der Waals surface area contributed by atoms with Gasteiger partial charge in [0.15, 0.2) is 0 Å². The van der Waals surface area contributed by atoms with Crippen LogP contribution in [0.4, 0.5) is 13.2 Å². The molecule has 0 aliphatic heterocycles. The molecule has 0 heterocycles. The molecule has 1 nitrogen and oxygen atoms in total. The molecule has 0 spiro atoms. The molecular weight excluding hydrogens is 227 g/mol. The van der Waals surface area contributed by atoms with Gasteiger partial charge >= 0.3 is 6.18 Å². The lowest BCUT2D eigenvalue weighted by atomic mass is 10.00. The van der Waals surface area contributed by atoms with E-state index in [9.17, 15) is 13.2 Å². The molecule has 0 atom stereocenters. The lowest BCUT2D eigenvalue weighted by molar-refractivity contribution is -0.138. The average molecular weight is 245 g/mol. The van der Waals surface area contributed by atoms with Gasteiger partial charge in [0.05, 0.1) is 5.56 Å². The second kappa shape index (κ2) is 5.54. The predicted molar refractivity (Wildman–Crippen MR) is 63.1 cm³/mol. The van der Waals surface area contributed by atoms with Gasteiger partial charge in [-0.2, -0.15) is 13.2 Å². The maximum absolute atomic E-state index is 12.8. The Morgan fingerprint density at radius 1 is 1.18 bits per heavy atom. The van der Waals surface area contributed by atoms with Crippen LogP contribution in [-0.2, 0) is 12.6 Å². The van der Waals surface area contributed by atoms with E-state index in [0.29, 0.717) is 12.0 Å². The van der Waals surface area contributed by atoms with Gasteiger partial charge in [-0.15, -0.1) is 0 Å². The zero-order chi connectivity index (χ0) is 13.1. The maximum Gasteiger partial charge on any atom is 0.416 e. The summed E-state index contributed by atoms with van der Waals surface area (Å²) >= 11 is 0. The summed E-state index contributed by atoms with van der Waals surface area (Å²) in [4.78, 5) is 1.98. The van der Waals surface area contributed by atoms with Gasteiger partial charge in [-0.3, -0.25) is 0 Å². The van der Waals surface area contributed by atoms with Gasteiger partial charge in [-0.05, 0) is 52.0 Å². The summed E-state index contributed by atoms with van der Waals surface area (Å²) in [6.45, 7) is 2.61. The minimum atomic E-state index is -4.25. The SMILES string of the molecule is Cc1ccc(C(F)(F)F)c(CCCN(C)C)c1. The smallest absolute Gasteiger partial charge is 0.309 e. The van der Waals surface area contributed by atoms with Crippen molar-refractivity contribution in [1.29, 1.82) is 0 Å². The molecule has 0 saturated carbocycles. The first-order chi connectivity index (χ1) is 7.80. The van der Waals surface area contributed by atoms with Crippen molar-refractivity contribution in [2.24, 2.45) is 0 Å². The van der Waals surface area contributed by atoms with E-state index in [-0.39, 0.29) is 0 Å². The van der Waals surface area contributed by atoms with Gasteiger partial charge in [0.1, 0.15) is 0 Å². The molecule has 1 rings (SSSR count). The molecule has 0 unspecified atom stereocenters. The van der Waals surface area contributed by atoms with Crippen LogP contribution in [0.2, 0.25) is 0 Å².